The number of hydrogen-bond donors (Lipinski definition) is 2. The van der Waals surface area contributed by atoms with Gasteiger partial charge in [-0.1, -0.05) is 30.3 Å². The molecule has 5 nitrogen and oxygen atoms in total. The van der Waals surface area contributed by atoms with Crippen molar-refractivity contribution in [2.45, 2.75) is 30.7 Å². The van der Waals surface area contributed by atoms with Crippen molar-refractivity contribution in [3.05, 3.63) is 35.9 Å². The van der Waals surface area contributed by atoms with Crippen molar-refractivity contribution in [3.63, 3.8) is 0 Å². The van der Waals surface area contributed by atoms with E-state index in [0.29, 0.717) is 19.6 Å². The van der Waals surface area contributed by atoms with Crippen molar-refractivity contribution in [3.8, 4) is 0 Å². The first-order valence-corrected chi connectivity index (χ1v) is 8.50. The molecule has 1 unspecified atom stereocenters. The number of benzene rings is 1. The van der Waals surface area contributed by atoms with Gasteiger partial charge in [-0.25, -0.2) is 0 Å². The van der Waals surface area contributed by atoms with Crippen LogP contribution in [-0.4, -0.2) is 51.5 Å². The predicted octanol–water partition coefficient (Wildman–Crippen LogP) is 1.65. The third kappa shape index (κ3) is 4.93. The minimum atomic E-state index is -0.00827. The molecule has 0 radical (unpaired) electrons. The van der Waals surface area contributed by atoms with Crippen LogP contribution in [0.1, 0.15) is 24.8 Å². The largest absolute Gasteiger partial charge is 0.381 e. The average Bonchev–Trinajstić information content (AvgIpc) is 2.62. The second kappa shape index (κ2) is 9.37. The molecule has 1 atom stereocenters. The van der Waals surface area contributed by atoms with E-state index in [1.165, 1.54) is 5.56 Å². The van der Waals surface area contributed by atoms with Crippen LogP contribution in [0.2, 0.25) is 0 Å². The normalized spacial score (nSPS) is 23.1. The van der Waals surface area contributed by atoms with Gasteiger partial charge >= 0.3 is 0 Å². The summed E-state index contributed by atoms with van der Waals surface area (Å²) in [4.78, 5) is 12.3. The minimum absolute atomic E-state index is 0. The molecule has 2 heterocycles. The van der Waals surface area contributed by atoms with Crippen LogP contribution in [-0.2, 0) is 19.7 Å². The first-order valence-electron chi connectivity index (χ1n) is 8.50. The maximum atomic E-state index is 12.3. The highest BCUT2D eigenvalue weighted by atomic mass is 35.5. The number of morpholine rings is 1. The number of halogens is 1. The van der Waals surface area contributed by atoms with Crippen LogP contribution in [0.4, 0.5) is 0 Å². The molecular weight excluding hydrogens is 328 g/mol. The van der Waals surface area contributed by atoms with Gasteiger partial charge in [0.1, 0.15) is 0 Å². The zero-order valence-electron chi connectivity index (χ0n) is 14.0. The summed E-state index contributed by atoms with van der Waals surface area (Å²) in [6.45, 7) is 4.35. The van der Waals surface area contributed by atoms with Crippen molar-refractivity contribution in [2.24, 2.45) is 0 Å². The van der Waals surface area contributed by atoms with Crippen molar-refractivity contribution in [1.29, 1.82) is 0 Å². The Morgan fingerprint density at radius 2 is 1.92 bits per heavy atom. The van der Waals surface area contributed by atoms with Gasteiger partial charge in [0.05, 0.1) is 13.2 Å². The highest BCUT2D eigenvalue weighted by Crippen LogP contribution is 2.34. The molecule has 0 spiro atoms. The average molecular weight is 355 g/mol. The second-order valence-corrected chi connectivity index (χ2v) is 6.47. The zero-order chi connectivity index (χ0) is 16.0. The van der Waals surface area contributed by atoms with Gasteiger partial charge in [-0.15, -0.1) is 12.4 Å². The fourth-order valence-corrected chi connectivity index (χ4v) is 3.44. The quantitative estimate of drug-likeness (QED) is 0.844. The van der Waals surface area contributed by atoms with Crippen LogP contribution in [0, 0.1) is 0 Å². The lowest BCUT2D eigenvalue weighted by molar-refractivity contribution is -0.122. The summed E-state index contributed by atoms with van der Waals surface area (Å²) in [5, 5.41) is 6.47. The summed E-state index contributed by atoms with van der Waals surface area (Å²) in [5.74, 6) is 0.0924. The van der Waals surface area contributed by atoms with E-state index in [-0.39, 0.29) is 29.8 Å². The first-order chi connectivity index (χ1) is 11.3. The number of rotatable bonds is 5. The maximum absolute atomic E-state index is 12.3. The number of amides is 1. The molecule has 2 aliphatic heterocycles. The Bertz CT molecular complexity index is 500. The number of carbonyl (C=O) groups is 1. The van der Waals surface area contributed by atoms with Crippen molar-refractivity contribution < 1.29 is 14.3 Å². The van der Waals surface area contributed by atoms with Gasteiger partial charge in [-0.2, -0.15) is 0 Å². The molecule has 1 amide bonds. The lowest BCUT2D eigenvalue weighted by Gasteiger charge is -2.38. The monoisotopic (exact) mass is 354 g/mol. The smallest absolute Gasteiger partial charge is 0.221 e. The molecule has 2 saturated heterocycles. The maximum Gasteiger partial charge on any atom is 0.221 e. The SMILES string of the molecule is Cl.O=C(CC1COCCN1)NCC1(c2ccccc2)CCOCC1. The summed E-state index contributed by atoms with van der Waals surface area (Å²) in [5.41, 5.74) is 1.29. The second-order valence-electron chi connectivity index (χ2n) is 6.47. The summed E-state index contributed by atoms with van der Waals surface area (Å²) >= 11 is 0. The minimum Gasteiger partial charge on any atom is -0.381 e. The summed E-state index contributed by atoms with van der Waals surface area (Å²) in [6.07, 6.45) is 2.37. The lowest BCUT2D eigenvalue weighted by Crippen LogP contribution is -2.48. The van der Waals surface area contributed by atoms with Gasteiger partial charge in [0.2, 0.25) is 5.91 Å². The Kier molecular flexibility index (Phi) is 7.49. The number of nitrogens with one attached hydrogen (secondary N) is 2. The molecule has 3 rings (SSSR count). The number of hydrogen-bond acceptors (Lipinski definition) is 4. The standard InChI is InChI=1S/C18H26N2O3.ClH/c21-17(12-16-13-23-11-8-19-16)20-14-18(6-9-22-10-7-18)15-4-2-1-3-5-15;/h1-5,16,19H,6-14H2,(H,20,21);1H. The fraction of sp³-hybridized carbons (Fsp3) is 0.611. The molecule has 2 fully saturated rings. The molecule has 0 aromatic heterocycles. The molecule has 1 aromatic carbocycles. The number of carbonyl (C=O) groups excluding carboxylic acids is 1. The molecule has 1 aromatic rings. The van der Waals surface area contributed by atoms with E-state index in [2.05, 4.69) is 34.9 Å². The van der Waals surface area contributed by atoms with E-state index >= 15 is 0 Å². The van der Waals surface area contributed by atoms with Gasteiger partial charge in [0.15, 0.2) is 0 Å². The van der Waals surface area contributed by atoms with Gasteiger partial charge in [0.25, 0.3) is 0 Å². The van der Waals surface area contributed by atoms with Crippen LogP contribution in [0.5, 0.6) is 0 Å². The third-order valence-electron chi connectivity index (χ3n) is 4.89. The molecule has 2 N–H and O–H groups in total. The molecule has 24 heavy (non-hydrogen) atoms. The Balaban J connectivity index is 0.00000208. The Morgan fingerprint density at radius 1 is 1.17 bits per heavy atom. The fourth-order valence-electron chi connectivity index (χ4n) is 3.44. The van der Waals surface area contributed by atoms with Crippen LogP contribution in [0.25, 0.3) is 0 Å². The molecule has 0 saturated carbocycles. The van der Waals surface area contributed by atoms with Gasteiger partial charge in [-0.05, 0) is 18.4 Å². The first kappa shape index (κ1) is 19.2. The van der Waals surface area contributed by atoms with E-state index < -0.39 is 0 Å². The molecule has 0 aliphatic carbocycles. The van der Waals surface area contributed by atoms with E-state index in [0.717, 1.165) is 39.2 Å². The van der Waals surface area contributed by atoms with E-state index in [9.17, 15) is 4.79 Å². The van der Waals surface area contributed by atoms with Crippen LogP contribution in [0.15, 0.2) is 30.3 Å². The Hall–Kier alpha value is -1.14. The molecular formula is C18H27ClN2O3. The van der Waals surface area contributed by atoms with Crippen molar-refractivity contribution >= 4 is 18.3 Å². The predicted molar refractivity (Wildman–Crippen MR) is 95.7 cm³/mol. The summed E-state index contributed by atoms with van der Waals surface area (Å²) in [7, 11) is 0. The van der Waals surface area contributed by atoms with Crippen molar-refractivity contribution in [1.82, 2.24) is 10.6 Å². The molecule has 2 aliphatic rings. The van der Waals surface area contributed by atoms with Gasteiger partial charge in [-0.3, -0.25) is 4.79 Å². The highest BCUT2D eigenvalue weighted by Gasteiger charge is 2.34. The topological polar surface area (TPSA) is 59.6 Å². The highest BCUT2D eigenvalue weighted by molar-refractivity contribution is 5.85. The van der Waals surface area contributed by atoms with Crippen molar-refractivity contribution in [2.75, 3.05) is 39.5 Å². The summed E-state index contributed by atoms with van der Waals surface area (Å²) in [6, 6.07) is 10.6. The molecule has 6 heteroatoms. The Labute approximate surface area is 149 Å². The van der Waals surface area contributed by atoms with Crippen LogP contribution in [0.3, 0.4) is 0 Å². The van der Waals surface area contributed by atoms with E-state index in [4.69, 9.17) is 9.47 Å². The van der Waals surface area contributed by atoms with E-state index in [1.54, 1.807) is 0 Å². The lowest BCUT2D eigenvalue weighted by atomic mass is 9.74. The van der Waals surface area contributed by atoms with E-state index in [1.807, 2.05) is 6.07 Å². The molecule has 0 bridgehead atoms. The van der Waals surface area contributed by atoms with Crippen LogP contribution >= 0.6 is 12.4 Å². The molecule has 134 valence electrons. The van der Waals surface area contributed by atoms with Crippen LogP contribution < -0.4 is 10.6 Å². The van der Waals surface area contributed by atoms with Gasteiger partial charge in [0, 0.05) is 44.2 Å². The van der Waals surface area contributed by atoms with Gasteiger partial charge < -0.3 is 20.1 Å². The summed E-state index contributed by atoms with van der Waals surface area (Å²) < 4.78 is 10.9. The number of ether oxygens (including phenoxy) is 2. The zero-order valence-corrected chi connectivity index (χ0v) is 14.8. The Morgan fingerprint density at radius 3 is 2.58 bits per heavy atom. The third-order valence-corrected chi connectivity index (χ3v) is 4.89.